The quantitative estimate of drug-likeness (QED) is 0.822. The second-order valence-electron chi connectivity index (χ2n) is 5.24. The molecule has 1 aliphatic carbocycles. The zero-order chi connectivity index (χ0) is 12.7. The predicted octanol–water partition coefficient (Wildman–Crippen LogP) is 0.920. The van der Waals surface area contributed by atoms with Crippen LogP contribution in [0.3, 0.4) is 0 Å². The summed E-state index contributed by atoms with van der Waals surface area (Å²) in [5, 5.41) is 18.9. The van der Waals surface area contributed by atoms with Gasteiger partial charge in [0.05, 0.1) is 12.7 Å². The van der Waals surface area contributed by atoms with Crippen molar-refractivity contribution in [3.63, 3.8) is 0 Å². The van der Waals surface area contributed by atoms with Crippen molar-refractivity contribution in [1.29, 1.82) is 0 Å². The van der Waals surface area contributed by atoms with E-state index in [1.165, 1.54) is 12.3 Å². The van der Waals surface area contributed by atoms with Gasteiger partial charge in [0.1, 0.15) is 0 Å². The molecule has 3 unspecified atom stereocenters. The van der Waals surface area contributed by atoms with Crippen molar-refractivity contribution in [3.05, 3.63) is 23.6 Å². The van der Waals surface area contributed by atoms with E-state index in [1.54, 1.807) is 0 Å². The van der Waals surface area contributed by atoms with Crippen LogP contribution in [0.4, 0.5) is 10.2 Å². The molecule has 2 aliphatic rings. The van der Waals surface area contributed by atoms with Crippen molar-refractivity contribution in [2.24, 2.45) is 11.8 Å². The Hall–Kier alpha value is -1.20. The molecule has 0 bridgehead atoms. The number of rotatable bonds is 2. The van der Waals surface area contributed by atoms with Crippen LogP contribution in [0.1, 0.15) is 18.4 Å². The molecule has 1 aromatic rings. The normalized spacial score (nSPS) is 30.8. The van der Waals surface area contributed by atoms with Crippen LogP contribution in [-0.2, 0) is 6.61 Å². The van der Waals surface area contributed by atoms with E-state index in [-0.39, 0.29) is 24.2 Å². The molecule has 5 heteroatoms. The molecule has 2 fully saturated rings. The zero-order valence-corrected chi connectivity index (χ0v) is 10.1. The molecule has 0 spiro atoms. The van der Waals surface area contributed by atoms with E-state index in [1.807, 2.05) is 4.90 Å². The molecule has 18 heavy (non-hydrogen) atoms. The lowest BCUT2D eigenvalue weighted by molar-refractivity contribution is 0.133. The molecule has 4 nitrogen and oxygen atoms in total. The Bertz CT molecular complexity index is 455. The molecule has 0 radical (unpaired) electrons. The molecule has 1 aliphatic heterocycles. The van der Waals surface area contributed by atoms with Gasteiger partial charge < -0.3 is 15.1 Å². The van der Waals surface area contributed by atoms with E-state index in [0.29, 0.717) is 18.3 Å². The highest BCUT2D eigenvalue weighted by molar-refractivity contribution is 5.44. The van der Waals surface area contributed by atoms with Crippen LogP contribution >= 0.6 is 0 Å². The Morgan fingerprint density at radius 1 is 1.39 bits per heavy atom. The van der Waals surface area contributed by atoms with Gasteiger partial charge in [-0.3, -0.25) is 0 Å². The van der Waals surface area contributed by atoms with E-state index in [4.69, 9.17) is 5.11 Å². The lowest BCUT2D eigenvalue weighted by Crippen LogP contribution is -2.26. The van der Waals surface area contributed by atoms with Gasteiger partial charge in [-0.05, 0) is 24.8 Å². The zero-order valence-electron chi connectivity index (χ0n) is 10.1. The summed E-state index contributed by atoms with van der Waals surface area (Å²) < 4.78 is 14.1. The van der Waals surface area contributed by atoms with E-state index < -0.39 is 5.82 Å². The molecule has 3 rings (SSSR count). The average molecular weight is 252 g/mol. The second kappa shape index (κ2) is 4.48. The molecule has 2 N–H and O–H groups in total. The average Bonchev–Trinajstić information content (AvgIpc) is 2.92. The summed E-state index contributed by atoms with van der Waals surface area (Å²) in [5.74, 6) is 0.556. The first-order chi connectivity index (χ1) is 8.70. The molecule has 1 saturated carbocycles. The van der Waals surface area contributed by atoms with Gasteiger partial charge in [-0.25, -0.2) is 9.37 Å². The number of aliphatic hydroxyl groups excluding tert-OH is 2. The summed E-state index contributed by atoms with van der Waals surface area (Å²) in [6, 6.07) is 1.49. The van der Waals surface area contributed by atoms with Gasteiger partial charge in [0.15, 0.2) is 11.6 Å². The highest BCUT2D eigenvalue weighted by atomic mass is 19.1. The number of halogens is 1. The van der Waals surface area contributed by atoms with Crippen LogP contribution in [0.2, 0.25) is 0 Å². The van der Waals surface area contributed by atoms with Crippen LogP contribution in [0.25, 0.3) is 0 Å². The maximum absolute atomic E-state index is 14.1. The summed E-state index contributed by atoms with van der Waals surface area (Å²) in [4.78, 5) is 5.97. The summed E-state index contributed by atoms with van der Waals surface area (Å²) in [6.45, 7) is 1.09. The van der Waals surface area contributed by atoms with Gasteiger partial charge >= 0.3 is 0 Å². The Morgan fingerprint density at radius 2 is 2.22 bits per heavy atom. The topological polar surface area (TPSA) is 56.6 Å². The molecule has 1 saturated heterocycles. The largest absolute Gasteiger partial charge is 0.393 e. The minimum absolute atomic E-state index is 0.240. The minimum Gasteiger partial charge on any atom is -0.393 e. The molecular formula is C13H17FN2O2. The van der Waals surface area contributed by atoms with Gasteiger partial charge in [0.25, 0.3) is 0 Å². The number of aromatic nitrogens is 1. The highest BCUT2D eigenvalue weighted by Crippen LogP contribution is 2.40. The smallest absolute Gasteiger partial charge is 0.171 e. The summed E-state index contributed by atoms with van der Waals surface area (Å²) in [6.07, 6.45) is 3.12. The molecule has 98 valence electrons. The first-order valence-corrected chi connectivity index (χ1v) is 6.38. The number of aliphatic hydroxyl groups is 2. The Kier molecular flexibility index (Phi) is 2.95. The number of nitrogens with zero attached hydrogens (tertiary/aromatic N) is 2. The second-order valence-corrected chi connectivity index (χ2v) is 5.24. The van der Waals surface area contributed by atoms with Crippen molar-refractivity contribution in [1.82, 2.24) is 4.98 Å². The van der Waals surface area contributed by atoms with Gasteiger partial charge in [-0.2, -0.15) is 0 Å². The monoisotopic (exact) mass is 252 g/mol. The molecule has 0 amide bonds. The van der Waals surface area contributed by atoms with Crippen LogP contribution in [-0.4, -0.2) is 34.4 Å². The van der Waals surface area contributed by atoms with E-state index in [9.17, 15) is 9.50 Å². The minimum atomic E-state index is -0.436. The van der Waals surface area contributed by atoms with Crippen molar-refractivity contribution >= 4 is 5.82 Å². The number of pyridine rings is 1. The van der Waals surface area contributed by atoms with Crippen LogP contribution in [0, 0.1) is 17.7 Å². The third-order valence-corrected chi connectivity index (χ3v) is 4.24. The molecule has 3 atom stereocenters. The Morgan fingerprint density at radius 3 is 2.94 bits per heavy atom. The first kappa shape index (κ1) is 11.9. The van der Waals surface area contributed by atoms with Gasteiger partial charge in [-0.15, -0.1) is 0 Å². The number of hydrogen-bond donors (Lipinski definition) is 2. The van der Waals surface area contributed by atoms with E-state index in [0.717, 1.165) is 19.4 Å². The summed E-state index contributed by atoms with van der Waals surface area (Å²) in [5.41, 5.74) is 0.276. The van der Waals surface area contributed by atoms with Crippen molar-refractivity contribution in [2.75, 3.05) is 18.0 Å². The van der Waals surface area contributed by atoms with Crippen molar-refractivity contribution < 1.29 is 14.6 Å². The lowest BCUT2D eigenvalue weighted by Gasteiger charge is -2.20. The third-order valence-electron chi connectivity index (χ3n) is 4.24. The molecule has 1 aromatic heterocycles. The number of anilines is 1. The van der Waals surface area contributed by atoms with Crippen LogP contribution in [0.15, 0.2) is 12.3 Å². The fourth-order valence-electron chi connectivity index (χ4n) is 3.22. The number of fused-ring (bicyclic) bond motifs is 1. The summed E-state index contributed by atoms with van der Waals surface area (Å²) >= 11 is 0. The van der Waals surface area contributed by atoms with Gasteiger partial charge in [-0.1, -0.05) is 0 Å². The van der Waals surface area contributed by atoms with Crippen molar-refractivity contribution in [3.8, 4) is 0 Å². The summed E-state index contributed by atoms with van der Waals surface area (Å²) in [7, 11) is 0. The van der Waals surface area contributed by atoms with Gasteiger partial charge in [0, 0.05) is 30.8 Å². The Labute approximate surface area is 105 Å². The van der Waals surface area contributed by atoms with E-state index in [2.05, 4.69) is 4.98 Å². The molecule has 0 aromatic carbocycles. The highest BCUT2D eigenvalue weighted by Gasteiger charge is 2.42. The van der Waals surface area contributed by atoms with Crippen LogP contribution < -0.4 is 4.90 Å². The molecular weight excluding hydrogens is 235 g/mol. The van der Waals surface area contributed by atoms with Crippen molar-refractivity contribution in [2.45, 2.75) is 25.6 Å². The number of hydrogen-bond acceptors (Lipinski definition) is 4. The fraction of sp³-hybridized carbons (Fsp3) is 0.615. The maximum atomic E-state index is 14.1. The standard InChI is InChI=1S/C13H17FN2O2/c14-12-9(7-17)3-4-15-13(12)16-5-8-1-2-11(18)10(8)6-16/h3-4,8,10-11,17-18H,1-2,5-7H2. The van der Waals surface area contributed by atoms with E-state index >= 15 is 0 Å². The molecule has 2 heterocycles. The predicted molar refractivity (Wildman–Crippen MR) is 64.6 cm³/mol. The van der Waals surface area contributed by atoms with Crippen LogP contribution in [0.5, 0.6) is 0 Å². The van der Waals surface area contributed by atoms with Gasteiger partial charge in [0.2, 0.25) is 0 Å². The fourth-order valence-corrected chi connectivity index (χ4v) is 3.22. The lowest BCUT2D eigenvalue weighted by atomic mass is 10.00. The maximum Gasteiger partial charge on any atom is 0.171 e. The third kappa shape index (κ3) is 1.78. The Balaban J connectivity index is 1.85. The first-order valence-electron chi connectivity index (χ1n) is 6.38. The SMILES string of the molecule is OCc1ccnc(N2CC3CCC(O)C3C2)c1F.